The Morgan fingerprint density at radius 2 is 1.00 bits per heavy atom. The smallest absolute Gasteiger partial charge is 0.332 e. The molecule has 0 aliphatic rings. The summed E-state index contributed by atoms with van der Waals surface area (Å²) in [6.07, 6.45) is 11.5. The van der Waals surface area contributed by atoms with Gasteiger partial charge < -0.3 is 10.2 Å². The van der Waals surface area contributed by atoms with Crippen molar-refractivity contribution in [3.05, 3.63) is 11.1 Å². The summed E-state index contributed by atoms with van der Waals surface area (Å²) in [6.45, 7) is 2.19. The molecule has 0 heterocycles. The van der Waals surface area contributed by atoms with E-state index in [1.807, 2.05) is 0 Å². The molecule has 8 heteroatoms. The number of carboxylic acid groups (broad SMARTS) is 2. The van der Waals surface area contributed by atoms with Gasteiger partial charge in [0.25, 0.3) is 10.1 Å². The van der Waals surface area contributed by atoms with Gasteiger partial charge in [-0.1, -0.05) is 64.7 Å². The van der Waals surface area contributed by atoms with E-state index in [0.717, 1.165) is 19.3 Å². The van der Waals surface area contributed by atoms with E-state index in [0.29, 0.717) is 6.42 Å². The molecular weight excluding hydrogens is 384 g/mol. The van der Waals surface area contributed by atoms with Crippen LogP contribution in [-0.2, 0) is 19.7 Å². The zero-order valence-electron chi connectivity index (χ0n) is 17.0. The summed E-state index contributed by atoms with van der Waals surface area (Å²) >= 11 is 0. The number of hydrogen-bond donors (Lipinski definition) is 3. The zero-order chi connectivity index (χ0) is 21.4. The predicted molar refractivity (Wildman–Crippen MR) is 109 cm³/mol. The summed E-state index contributed by atoms with van der Waals surface area (Å²) in [6, 6.07) is 0. The van der Waals surface area contributed by atoms with Gasteiger partial charge in [-0.05, 0) is 32.1 Å². The van der Waals surface area contributed by atoms with E-state index in [1.54, 1.807) is 0 Å². The van der Waals surface area contributed by atoms with Crippen LogP contribution in [0.15, 0.2) is 11.1 Å². The van der Waals surface area contributed by atoms with Gasteiger partial charge in [0, 0.05) is 11.1 Å². The molecule has 0 aromatic heterocycles. The highest BCUT2D eigenvalue weighted by atomic mass is 32.2. The third-order valence-electron chi connectivity index (χ3n) is 4.74. The fraction of sp³-hybridized carbons (Fsp3) is 0.800. The molecular formula is C20H36O7S. The fourth-order valence-corrected chi connectivity index (χ4v) is 3.72. The normalized spacial score (nSPS) is 12.6. The lowest BCUT2D eigenvalue weighted by Gasteiger charge is -2.09. The second kappa shape index (κ2) is 15.5. The van der Waals surface area contributed by atoms with Crippen molar-refractivity contribution in [1.82, 2.24) is 0 Å². The average Bonchev–Trinajstić information content (AvgIpc) is 2.59. The molecule has 0 saturated heterocycles. The Morgan fingerprint density at radius 3 is 1.36 bits per heavy atom. The van der Waals surface area contributed by atoms with Gasteiger partial charge in [-0.25, -0.2) is 9.59 Å². The molecule has 0 aromatic carbocycles. The van der Waals surface area contributed by atoms with Crippen LogP contribution >= 0.6 is 0 Å². The van der Waals surface area contributed by atoms with Crippen LogP contribution in [0.5, 0.6) is 0 Å². The van der Waals surface area contributed by atoms with Gasteiger partial charge in [-0.2, -0.15) is 8.42 Å². The first kappa shape index (κ1) is 26.6. The lowest BCUT2D eigenvalue weighted by atomic mass is 9.97. The van der Waals surface area contributed by atoms with Gasteiger partial charge in [0.05, 0.1) is 5.75 Å². The topological polar surface area (TPSA) is 129 Å². The lowest BCUT2D eigenvalue weighted by molar-refractivity contribution is -0.136. The maximum absolute atomic E-state index is 11.5. The minimum Gasteiger partial charge on any atom is -0.478 e. The predicted octanol–water partition coefficient (Wildman–Crippen LogP) is 4.82. The molecule has 0 saturated carbocycles. The van der Waals surface area contributed by atoms with E-state index in [4.69, 9.17) is 4.55 Å². The summed E-state index contributed by atoms with van der Waals surface area (Å²) in [5.74, 6) is -2.97. The molecule has 0 aliphatic heterocycles. The minimum atomic E-state index is -4.09. The van der Waals surface area contributed by atoms with Gasteiger partial charge in [0.15, 0.2) is 0 Å². The van der Waals surface area contributed by atoms with Crippen LogP contribution in [-0.4, -0.2) is 40.9 Å². The summed E-state index contributed by atoms with van der Waals surface area (Å²) in [4.78, 5) is 22.9. The molecule has 0 amide bonds. The van der Waals surface area contributed by atoms with Crippen LogP contribution in [0.4, 0.5) is 0 Å². The first-order valence-electron chi connectivity index (χ1n) is 10.3. The van der Waals surface area contributed by atoms with Gasteiger partial charge >= 0.3 is 11.9 Å². The number of unbranched alkanes of at least 4 members (excludes halogenated alkanes) is 10. The molecule has 3 N–H and O–H groups in total. The number of hydrogen-bond acceptors (Lipinski definition) is 4. The van der Waals surface area contributed by atoms with E-state index < -0.39 is 27.8 Å². The lowest BCUT2D eigenvalue weighted by Crippen LogP contribution is -2.12. The van der Waals surface area contributed by atoms with E-state index in [9.17, 15) is 28.2 Å². The molecule has 0 aromatic rings. The van der Waals surface area contributed by atoms with Gasteiger partial charge in [-0.15, -0.1) is 0 Å². The van der Waals surface area contributed by atoms with Crippen LogP contribution in [0.3, 0.4) is 0 Å². The molecule has 0 rings (SSSR count). The van der Waals surface area contributed by atoms with Crippen molar-refractivity contribution in [2.45, 2.75) is 96.8 Å². The largest absolute Gasteiger partial charge is 0.478 e. The quantitative estimate of drug-likeness (QED) is 0.165. The number of carbonyl (C=O) groups is 2. The van der Waals surface area contributed by atoms with E-state index in [-0.39, 0.29) is 36.8 Å². The monoisotopic (exact) mass is 420 g/mol. The molecule has 0 unspecified atom stereocenters. The SMILES string of the molecule is CCCCCCCCCCCC/C(C(=O)O)=C(\CCCCS(=O)(=O)O)C(=O)O. The van der Waals surface area contributed by atoms with Crippen molar-refractivity contribution >= 4 is 22.1 Å². The Balaban J connectivity index is 4.34. The van der Waals surface area contributed by atoms with Crippen LogP contribution in [0.1, 0.15) is 96.8 Å². The highest BCUT2D eigenvalue weighted by molar-refractivity contribution is 7.85. The first-order chi connectivity index (χ1) is 13.2. The maximum Gasteiger partial charge on any atom is 0.332 e. The molecule has 0 atom stereocenters. The Labute approximate surface area is 169 Å². The van der Waals surface area contributed by atoms with Crippen LogP contribution in [0.2, 0.25) is 0 Å². The third kappa shape index (κ3) is 14.6. The van der Waals surface area contributed by atoms with Crippen molar-refractivity contribution in [3.63, 3.8) is 0 Å². The number of rotatable bonds is 18. The van der Waals surface area contributed by atoms with E-state index >= 15 is 0 Å². The van der Waals surface area contributed by atoms with Crippen molar-refractivity contribution < 1.29 is 32.8 Å². The van der Waals surface area contributed by atoms with Crippen LogP contribution < -0.4 is 0 Å². The van der Waals surface area contributed by atoms with E-state index in [1.165, 1.54) is 38.5 Å². The minimum absolute atomic E-state index is 0.0236. The number of carboxylic acids is 2. The van der Waals surface area contributed by atoms with Crippen molar-refractivity contribution in [1.29, 1.82) is 0 Å². The summed E-state index contributed by atoms with van der Waals surface area (Å²) in [5, 5.41) is 18.7. The second-order valence-corrected chi connectivity index (χ2v) is 8.81. The van der Waals surface area contributed by atoms with Gasteiger partial charge in [0.1, 0.15) is 0 Å². The van der Waals surface area contributed by atoms with Crippen LogP contribution in [0.25, 0.3) is 0 Å². The van der Waals surface area contributed by atoms with Gasteiger partial charge in [-0.3, -0.25) is 4.55 Å². The molecule has 0 spiro atoms. The Bertz CT molecular complexity index is 594. The Morgan fingerprint density at radius 1 is 0.643 bits per heavy atom. The average molecular weight is 421 g/mol. The Kier molecular flexibility index (Phi) is 14.7. The van der Waals surface area contributed by atoms with E-state index in [2.05, 4.69) is 6.92 Å². The third-order valence-corrected chi connectivity index (χ3v) is 5.54. The second-order valence-electron chi connectivity index (χ2n) is 7.24. The molecule has 164 valence electrons. The fourth-order valence-electron chi connectivity index (χ4n) is 3.15. The van der Waals surface area contributed by atoms with Crippen molar-refractivity contribution in [2.24, 2.45) is 0 Å². The number of aliphatic carboxylic acids is 2. The molecule has 0 aliphatic carbocycles. The van der Waals surface area contributed by atoms with Crippen molar-refractivity contribution in [2.75, 3.05) is 5.75 Å². The summed E-state index contributed by atoms with van der Waals surface area (Å²) in [7, 11) is -4.09. The molecule has 0 fully saturated rings. The standard InChI is InChI=1S/C20H36O7S/c1-2-3-4-5-6-7-8-9-10-11-14-17(19(21)22)18(20(23)24)15-12-13-16-28(25,26)27/h2-16H2,1H3,(H,21,22)(H,23,24)(H,25,26,27)/b18-17-. The maximum atomic E-state index is 11.5. The highest BCUT2D eigenvalue weighted by Gasteiger charge is 2.19. The zero-order valence-corrected chi connectivity index (χ0v) is 17.8. The first-order valence-corrected chi connectivity index (χ1v) is 11.9. The summed E-state index contributed by atoms with van der Waals surface area (Å²) < 4.78 is 30.1. The molecule has 28 heavy (non-hydrogen) atoms. The summed E-state index contributed by atoms with van der Waals surface area (Å²) in [5.41, 5.74) is -0.266. The van der Waals surface area contributed by atoms with Gasteiger partial charge in [0.2, 0.25) is 0 Å². The highest BCUT2D eigenvalue weighted by Crippen LogP contribution is 2.20. The van der Waals surface area contributed by atoms with Crippen LogP contribution in [0, 0.1) is 0 Å². The van der Waals surface area contributed by atoms with Crippen molar-refractivity contribution in [3.8, 4) is 0 Å². The molecule has 7 nitrogen and oxygen atoms in total. The Hall–Kier alpha value is -1.41. The molecule has 0 radical (unpaired) electrons. The molecule has 0 bridgehead atoms.